The molecule has 3 aliphatic heterocycles. The molecule has 30 heavy (non-hydrogen) atoms. The number of methoxy groups -OCH3 is 1. The second-order valence-electron chi connectivity index (χ2n) is 8.77. The highest BCUT2D eigenvalue weighted by molar-refractivity contribution is 6.02. The number of benzene rings is 2. The Bertz CT molecular complexity index is 998. The van der Waals surface area contributed by atoms with Gasteiger partial charge in [0.15, 0.2) is 5.60 Å². The molecule has 5 rings (SSSR count). The number of likely N-dealkylation sites (tertiary alicyclic amines) is 2. The summed E-state index contributed by atoms with van der Waals surface area (Å²) in [7, 11) is 1.60. The average molecular weight is 408 g/mol. The summed E-state index contributed by atoms with van der Waals surface area (Å²) in [6, 6.07) is 12.2. The topological polar surface area (TPSA) is 59.1 Å². The first kappa shape index (κ1) is 19.5. The lowest BCUT2D eigenvalue weighted by atomic mass is 9.94. The molecule has 158 valence electrons. The van der Waals surface area contributed by atoms with Crippen LogP contribution in [0.15, 0.2) is 36.4 Å². The van der Waals surface area contributed by atoms with Gasteiger partial charge in [0.2, 0.25) is 0 Å². The Hall–Kier alpha value is -2.44. The highest BCUT2D eigenvalue weighted by atomic mass is 16.5. The summed E-state index contributed by atoms with van der Waals surface area (Å²) in [5.74, 6) is 0.0893. The van der Waals surface area contributed by atoms with Crippen molar-refractivity contribution in [3.8, 4) is 0 Å². The maximum absolute atomic E-state index is 13.4. The number of aryl methyl sites for hydroxylation is 1. The van der Waals surface area contributed by atoms with E-state index in [-0.39, 0.29) is 23.9 Å². The minimum atomic E-state index is -0.869. The molecule has 3 fully saturated rings. The molecule has 6 nitrogen and oxygen atoms in total. The Kier molecular flexibility index (Phi) is 4.79. The van der Waals surface area contributed by atoms with Gasteiger partial charge in [0.05, 0.1) is 18.7 Å². The number of rotatable bonds is 3. The maximum atomic E-state index is 13.4. The van der Waals surface area contributed by atoms with Gasteiger partial charge in [-0.3, -0.25) is 9.59 Å². The van der Waals surface area contributed by atoms with Crippen LogP contribution in [0.25, 0.3) is 10.8 Å². The lowest BCUT2D eigenvalue weighted by Crippen LogP contribution is -2.59. The lowest BCUT2D eigenvalue weighted by molar-refractivity contribution is -0.173. The van der Waals surface area contributed by atoms with Crippen LogP contribution in [0.4, 0.5) is 0 Å². The number of carbonyl (C=O) groups is 2. The molecule has 2 amide bonds. The van der Waals surface area contributed by atoms with Crippen molar-refractivity contribution in [2.45, 2.75) is 43.9 Å². The minimum Gasteiger partial charge on any atom is -0.378 e. The number of fused-ring (bicyclic) bond motifs is 3. The predicted molar refractivity (Wildman–Crippen MR) is 113 cm³/mol. The van der Waals surface area contributed by atoms with Crippen LogP contribution in [0.1, 0.15) is 35.2 Å². The number of hydrogen-bond donors (Lipinski definition) is 0. The second-order valence-corrected chi connectivity index (χ2v) is 8.77. The molecule has 2 bridgehead atoms. The van der Waals surface area contributed by atoms with E-state index >= 15 is 0 Å². The zero-order valence-corrected chi connectivity index (χ0v) is 17.6. The maximum Gasteiger partial charge on any atom is 0.257 e. The van der Waals surface area contributed by atoms with Gasteiger partial charge < -0.3 is 19.3 Å². The van der Waals surface area contributed by atoms with Gasteiger partial charge in [-0.05, 0) is 48.6 Å². The number of carbonyl (C=O) groups excluding carboxylic acids is 2. The zero-order valence-electron chi connectivity index (χ0n) is 17.6. The molecule has 6 heteroatoms. The van der Waals surface area contributed by atoms with Crippen molar-refractivity contribution >= 4 is 22.6 Å². The van der Waals surface area contributed by atoms with Crippen LogP contribution in [0, 0.1) is 6.92 Å². The number of nitrogens with zero attached hydrogens (tertiary/aromatic N) is 2. The van der Waals surface area contributed by atoms with Crippen molar-refractivity contribution in [1.29, 1.82) is 0 Å². The standard InChI is InChI=1S/C24H28N2O4/c1-16-20-7-4-3-6-17(20)8-9-21(16)22(27)25-13-19-12-18(25)14-26(19)23(28)24(29-2)10-5-11-30-15-24/h3-4,6-9,18-19H,5,10-15H2,1-2H3/t18-,19-,24?/m0/s1. The van der Waals surface area contributed by atoms with Crippen molar-refractivity contribution in [3.05, 3.63) is 47.5 Å². The van der Waals surface area contributed by atoms with Crippen LogP contribution in [0.3, 0.4) is 0 Å². The fourth-order valence-corrected chi connectivity index (χ4v) is 5.43. The van der Waals surface area contributed by atoms with Gasteiger partial charge >= 0.3 is 0 Å². The summed E-state index contributed by atoms with van der Waals surface area (Å²) >= 11 is 0. The van der Waals surface area contributed by atoms with Gasteiger partial charge in [0.25, 0.3) is 11.8 Å². The largest absolute Gasteiger partial charge is 0.378 e. The summed E-state index contributed by atoms with van der Waals surface area (Å²) in [4.78, 5) is 30.6. The third-order valence-electron chi connectivity index (χ3n) is 7.18. The van der Waals surface area contributed by atoms with Gasteiger partial charge in [-0.25, -0.2) is 0 Å². The van der Waals surface area contributed by atoms with Crippen molar-refractivity contribution in [2.75, 3.05) is 33.4 Å². The Balaban J connectivity index is 1.34. The first-order valence-electron chi connectivity index (χ1n) is 10.8. The van der Waals surface area contributed by atoms with E-state index in [0.29, 0.717) is 32.7 Å². The van der Waals surface area contributed by atoms with E-state index in [1.54, 1.807) is 7.11 Å². The van der Waals surface area contributed by atoms with Gasteiger partial charge in [0, 0.05) is 32.4 Å². The minimum absolute atomic E-state index is 0.0196. The van der Waals surface area contributed by atoms with Gasteiger partial charge in [-0.2, -0.15) is 0 Å². The molecule has 3 heterocycles. The van der Waals surface area contributed by atoms with E-state index in [1.165, 1.54) is 0 Å². The summed E-state index contributed by atoms with van der Waals surface area (Å²) < 4.78 is 11.2. The first-order chi connectivity index (χ1) is 14.5. The van der Waals surface area contributed by atoms with Crippen LogP contribution in [0.2, 0.25) is 0 Å². The molecule has 3 saturated heterocycles. The van der Waals surface area contributed by atoms with Crippen LogP contribution in [-0.2, 0) is 14.3 Å². The van der Waals surface area contributed by atoms with E-state index < -0.39 is 5.60 Å². The van der Waals surface area contributed by atoms with Gasteiger partial charge in [-0.1, -0.05) is 30.3 Å². The molecule has 0 saturated carbocycles. The Morgan fingerprint density at radius 2 is 1.87 bits per heavy atom. The van der Waals surface area contributed by atoms with Crippen LogP contribution >= 0.6 is 0 Å². The Morgan fingerprint density at radius 1 is 1.10 bits per heavy atom. The van der Waals surface area contributed by atoms with Crippen LogP contribution in [-0.4, -0.2) is 72.7 Å². The monoisotopic (exact) mass is 408 g/mol. The molecule has 1 unspecified atom stereocenters. The fraction of sp³-hybridized carbons (Fsp3) is 0.500. The van der Waals surface area contributed by atoms with E-state index in [0.717, 1.165) is 34.7 Å². The van der Waals surface area contributed by atoms with Crippen molar-refractivity contribution in [1.82, 2.24) is 9.80 Å². The van der Waals surface area contributed by atoms with Crippen molar-refractivity contribution < 1.29 is 19.1 Å². The molecule has 3 atom stereocenters. The summed E-state index contributed by atoms with van der Waals surface area (Å²) in [5.41, 5.74) is 0.909. The van der Waals surface area contributed by atoms with Gasteiger partial charge in [0.1, 0.15) is 0 Å². The SMILES string of the molecule is COC1(C(=O)N2C[C@@H]3C[C@H]2CN3C(=O)c2ccc3ccccc3c2C)CCCOC1. The van der Waals surface area contributed by atoms with Crippen molar-refractivity contribution in [2.24, 2.45) is 0 Å². The number of hydrogen-bond acceptors (Lipinski definition) is 4. The molecule has 0 N–H and O–H groups in total. The molecular formula is C24H28N2O4. The van der Waals surface area contributed by atoms with Crippen molar-refractivity contribution in [3.63, 3.8) is 0 Å². The Labute approximate surface area is 176 Å². The number of ether oxygens (including phenoxy) is 2. The number of piperazine rings is 1. The summed E-state index contributed by atoms with van der Waals surface area (Å²) in [5, 5.41) is 2.26. The van der Waals surface area contributed by atoms with E-state index in [1.807, 2.05) is 41.0 Å². The molecule has 0 aliphatic carbocycles. The highest BCUT2D eigenvalue weighted by Gasteiger charge is 2.52. The second kappa shape index (κ2) is 7.36. The predicted octanol–water partition coefficient (Wildman–Crippen LogP) is 2.77. The molecule has 2 aromatic carbocycles. The summed E-state index contributed by atoms with van der Waals surface area (Å²) in [6.07, 6.45) is 2.35. The summed E-state index contributed by atoms with van der Waals surface area (Å²) in [6.45, 7) is 4.17. The van der Waals surface area contributed by atoms with E-state index in [9.17, 15) is 9.59 Å². The van der Waals surface area contributed by atoms with E-state index in [4.69, 9.17) is 9.47 Å². The highest BCUT2D eigenvalue weighted by Crippen LogP contribution is 2.36. The quantitative estimate of drug-likeness (QED) is 0.784. The molecular weight excluding hydrogens is 380 g/mol. The fourth-order valence-electron chi connectivity index (χ4n) is 5.43. The smallest absolute Gasteiger partial charge is 0.257 e. The lowest BCUT2D eigenvalue weighted by Gasteiger charge is -2.41. The van der Waals surface area contributed by atoms with Crippen LogP contribution < -0.4 is 0 Å². The average Bonchev–Trinajstić information content (AvgIpc) is 3.40. The zero-order chi connectivity index (χ0) is 20.9. The molecule has 0 aromatic heterocycles. The van der Waals surface area contributed by atoms with E-state index in [2.05, 4.69) is 12.1 Å². The molecule has 2 aromatic rings. The first-order valence-corrected chi connectivity index (χ1v) is 10.8. The third kappa shape index (κ3) is 2.93. The van der Waals surface area contributed by atoms with Crippen LogP contribution in [0.5, 0.6) is 0 Å². The molecule has 0 spiro atoms. The molecule has 0 radical (unpaired) electrons. The molecule has 3 aliphatic rings. The third-order valence-corrected chi connectivity index (χ3v) is 7.18. The Morgan fingerprint density at radius 3 is 2.57 bits per heavy atom. The normalized spacial score (nSPS) is 28.3. The number of amides is 2. The van der Waals surface area contributed by atoms with Gasteiger partial charge in [-0.15, -0.1) is 0 Å².